The topological polar surface area (TPSA) is 157 Å². The lowest BCUT2D eigenvalue weighted by Crippen LogP contribution is -2.43. The molecule has 6 rings (SSSR count). The Morgan fingerprint density at radius 1 is 0.609 bits per heavy atom. The van der Waals surface area contributed by atoms with Crippen LogP contribution in [-0.2, 0) is 19.1 Å². The lowest BCUT2D eigenvalue weighted by Gasteiger charge is -2.32. The molecule has 2 fully saturated rings. The second-order valence-electron chi connectivity index (χ2n) is 20.6. The van der Waals surface area contributed by atoms with E-state index in [9.17, 15) is 19.2 Å². The van der Waals surface area contributed by atoms with Crippen molar-refractivity contribution in [3.63, 3.8) is 0 Å². The number of cyclic esters (lactones) is 2. The molecule has 4 aromatic rings. The number of hydrogen-bond donors (Lipinski definition) is 2. The fourth-order valence-corrected chi connectivity index (χ4v) is 8.43. The molecule has 2 N–H and O–H groups in total. The number of carbonyl (C=O) groups excluding carboxylic acids is 4. The Bertz CT molecular complexity index is 2040. The van der Waals surface area contributed by atoms with E-state index in [2.05, 4.69) is 128 Å². The predicted octanol–water partition coefficient (Wildman–Crippen LogP) is 9.05. The highest BCUT2D eigenvalue weighted by molar-refractivity contribution is 5.78. The second kappa shape index (κ2) is 20.5. The SMILES string of the molecule is CC(C)[C@H](CC(=O)N(CCN1CCOC1=O)CC(C)(C)C)c1ncc(-c2ccc(-c3ccc(-c4cnc([C@@H](CC(=O)N(CCN5CCOC5=O)CC(C)(C)C)C(C)C)[nH]4)cc3)cc2)[nH]1. The van der Waals surface area contributed by atoms with Crippen LogP contribution in [0.25, 0.3) is 33.6 Å². The summed E-state index contributed by atoms with van der Waals surface area (Å²) in [4.78, 5) is 75.6. The maximum absolute atomic E-state index is 13.9. The van der Waals surface area contributed by atoms with Gasteiger partial charge in [-0.2, -0.15) is 0 Å². The van der Waals surface area contributed by atoms with E-state index >= 15 is 0 Å². The van der Waals surface area contributed by atoms with E-state index in [1.165, 1.54) is 0 Å². The van der Waals surface area contributed by atoms with Crippen molar-refractivity contribution < 1.29 is 28.7 Å². The van der Waals surface area contributed by atoms with Gasteiger partial charge >= 0.3 is 12.2 Å². The molecule has 0 radical (unpaired) electrons. The van der Waals surface area contributed by atoms with Gasteiger partial charge in [0.05, 0.1) is 36.9 Å². The number of nitrogens with zero attached hydrogens (tertiary/aromatic N) is 6. The normalized spacial score (nSPS) is 15.5. The number of aromatic amines is 2. The zero-order valence-corrected chi connectivity index (χ0v) is 39.7. The number of H-pyrrole nitrogens is 2. The van der Waals surface area contributed by atoms with Crippen LogP contribution in [0.2, 0.25) is 0 Å². The number of ether oxygens (including phenoxy) is 2. The largest absolute Gasteiger partial charge is 0.448 e. The molecule has 2 aromatic carbocycles. The van der Waals surface area contributed by atoms with Crippen LogP contribution in [0, 0.1) is 22.7 Å². The van der Waals surface area contributed by atoms with Crippen molar-refractivity contribution in [1.82, 2.24) is 39.5 Å². The fourth-order valence-electron chi connectivity index (χ4n) is 8.43. The summed E-state index contributed by atoms with van der Waals surface area (Å²) in [7, 11) is 0. The van der Waals surface area contributed by atoms with Crippen LogP contribution in [0.5, 0.6) is 0 Å². The van der Waals surface area contributed by atoms with Crippen molar-refractivity contribution in [2.75, 3.05) is 65.6 Å². The van der Waals surface area contributed by atoms with Crippen LogP contribution < -0.4 is 0 Å². The van der Waals surface area contributed by atoms with Gasteiger partial charge in [-0.1, -0.05) is 118 Å². The molecule has 0 bridgehead atoms. The number of imidazole rings is 2. The molecular weight excluding hydrogens is 809 g/mol. The Labute approximate surface area is 379 Å². The first-order valence-corrected chi connectivity index (χ1v) is 22.9. The third kappa shape index (κ3) is 12.7. The molecule has 4 heterocycles. The molecule has 14 heteroatoms. The molecule has 2 aromatic heterocycles. The van der Waals surface area contributed by atoms with E-state index in [0.717, 1.165) is 45.3 Å². The Kier molecular flexibility index (Phi) is 15.3. The van der Waals surface area contributed by atoms with Gasteiger partial charge in [0.25, 0.3) is 0 Å². The van der Waals surface area contributed by atoms with Gasteiger partial charge in [-0.3, -0.25) is 9.59 Å². The van der Waals surface area contributed by atoms with Gasteiger partial charge in [-0.15, -0.1) is 0 Å². The van der Waals surface area contributed by atoms with E-state index in [-0.39, 0.29) is 58.5 Å². The van der Waals surface area contributed by atoms with Crippen molar-refractivity contribution in [1.29, 1.82) is 0 Å². The van der Waals surface area contributed by atoms with Crippen molar-refractivity contribution in [2.45, 2.75) is 93.9 Å². The fraction of sp³-hybridized carbons (Fsp3) is 0.560. The van der Waals surface area contributed by atoms with Crippen LogP contribution in [0.3, 0.4) is 0 Å². The first kappa shape index (κ1) is 47.8. The summed E-state index contributed by atoms with van der Waals surface area (Å²) in [6, 6.07) is 16.8. The van der Waals surface area contributed by atoms with Gasteiger partial charge in [-0.05, 0) is 44.9 Å². The Morgan fingerprint density at radius 2 is 0.953 bits per heavy atom. The Hall–Kier alpha value is -5.66. The molecule has 4 amide bonds. The smallest absolute Gasteiger partial charge is 0.409 e. The molecule has 0 aliphatic carbocycles. The molecular formula is C50H70N8O6. The average Bonchev–Trinajstić information content (AvgIpc) is 4.07. The van der Waals surface area contributed by atoms with Crippen LogP contribution in [0.4, 0.5) is 9.59 Å². The van der Waals surface area contributed by atoms with E-state index in [1.807, 2.05) is 22.2 Å². The molecule has 2 aliphatic heterocycles. The zero-order chi connectivity index (χ0) is 46.3. The van der Waals surface area contributed by atoms with Gasteiger partial charge in [0, 0.05) is 63.9 Å². The lowest BCUT2D eigenvalue weighted by molar-refractivity contribution is -0.134. The standard InChI is InChI=1S/C50H70N8O6/c1-33(2)39(27-43(59)57(31-49(5,6)7)21-19-55-23-25-63-47(55)61)45-51-29-41(53-45)37-15-11-35(12-16-37)36-13-17-38(18-14-36)42-30-52-46(54-42)40(34(3)4)28-44(60)58(32-50(8,9)10)22-20-56-24-26-64-48(56)62/h11-18,29-30,33-34,39-40H,19-28,31-32H2,1-10H3,(H,51,53)(H,52,54)/t39-,40-/m0/s1. The zero-order valence-electron chi connectivity index (χ0n) is 39.7. The molecule has 14 nitrogen and oxygen atoms in total. The summed E-state index contributed by atoms with van der Waals surface area (Å²) < 4.78 is 10.2. The third-order valence-electron chi connectivity index (χ3n) is 12.0. The number of rotatable bonds is 19. The summed E-state index contributed by atoms with van der Waals surface area (Å²) >= 11 is 0. The van der Waals surface area contributed by atoms with E-state index in [1.54, 1.807) is 9.80 Å². The molecule has 0 spiro atoms. The highest BCUT2D eigenvalue weighted by Gasteiger charge is 2.31. The number of aromatic nitrogens is 4. The van der Waals surface area contributed by atoms with Crippen molar-refractivity contribution in [3.05, 3.63) is 72.6 Å². The highest BCUT2D eigenvalue weighted by Crippen LogP contribution is 2.33. The first-order valence-electron chi connectivity index (χ1n) is 22.9. The van der Waals surface area contributed by atoms with Gasteiger partial charge < -0.3 is 39.0 Å². The monoisotopic (exact) mass is 879 g/mol. The molecule has 64 heavy (non-hydrogen) atoms. The summed E-state index contributed by atoms with van der Waals surface area (Å²) in [6.07, 6.45) is 3.69. The Morgan fingerprint density at radius 3 is 1.25 bits per heavy atom. The van der Waals surface area contributed by atoms with Crippen molar-refractivity contribution in [3.8, 4) is 33.6 Å². The first-order chi connectivity index (χ1) is 30.2. The number of benzene rings is 2. The third-order valence-corrected chi connectivity index (χ3v) is 12.0. The number of carbonyl (C=O) groups is 4. The summed E-state index contributed by atoms with van der Waals surface area (Å²) in [5.41, 5.74) is 5.73. The maximum Gasteiger partial charge on any atom is 0.409 e. The minimum Gasteiger partial charge on any atom is -0.448 e. The molecule has 2 aliphatic rings. The van der Waals surface area contributed by atoms with Crippen molar-refractivity contribution >= 4 is 24.0 Å². The van der Waals surface area contributed by atoms with Crippen LogP contribution in [0.15, 0.2) is 60.9 Å². The van der Waals surface area contributed by atoms with Crippen LogP contribution in [0.1, 0.15) is 106 Å². The van der Waals surface area contributed by atoms with Crippen molar-refractivity contribution in [2.24, 2.45) is 22.7 Å². The van der Waals surface area contributed by atoms with Crippen LogP contribution >= 0.6 is 0 Å². The van der Waals surface area contributed by atoms with Gasteiger partial charge in [0.2, 0.25) is 11.8 Å². The number of hydrogen-bond acceptors (Lipinski definition) is 8. The van der Waals surface area contributed by atoms with Gasteiger partial charge in [0.1, 0.15) is 24.9 Å². The average molecular weight is 879 g/mol. The van der Waals surface area contributed by atoms with Gasteiger partial charge in [-0.25, -0.2) is 19.6 Å². The second-order valence-corrected chi connectivity index (χ2v) is 20.6. The minimum atomic E-state index is -0.318. The highest BCUT2D eigenvalue weighted by atomic mass is 16.6. The predicted molar refractivity (Wildman–Crippen MR) is 249 cm³/mol. The lowest BCUT2D eigenvalue weighted by atomic mass is 9.90. The van der Waals surface area contributed by atoms with E-state index < -0.39 is 0 Å². The summed E-state index contributed by atoms with van der Waals surface area (Å²) in [5, 5.41) is 0. The molecule has 346 valence electrons. The Balaban J connectivity index is 1.08. The molecule has 0 saturated carbocycles. The quantitative estimate of drug-likeness (QED) is 0.0945. The maximum atomic E-state index is 13.9. The molecule has 0 unspecified atom stereocenters. The van der Waals surface area contributed by atoms with Crippen LogP contribution in [-0.4, -0.2) is 129 Å². The number of nitrogens with one attached hydrogen (secondary N) is 2. The summed E-state index contributed by atoms with van der Waals surface area (Å²) in [5.74, 6) is 1.80. The number of amides is 4. The molecule has 2 saturated heterocycles. The van der Waals surface area contributed by atoms with E-state index in [0.29, 0.717) is 78.4 Å². The minimum absolute atomic E-state index is 0.0498. The molecule has 2 atom stereocenters. The van der Waals surface area contributed by atoms with Gasteiger partial charge in [0.15, 0.2) is 0 Å². The van der Waals surface area contributed by atoms with E-state index in [4.69, 9.17) is 19.4 Å². The summed E-state index contributed by atoms with van der Waals surface area (Å²) in [6.45, 7) is 26.1.